The maximum atomic E-state index is 12.2. The Kier molecular flexibility index (Phi) is 3.90. The fourth-order valence-corrected chi connectivity index (χ4v) is 1.22. The molecule has 0 nitrogen and oxygen atoms in total. The first kappa shape index (κ1) is 12.2. The largest absolute Gasteiger partial charge is 0.416 e. The summed E-state index contributed by atoms with van der Waals surface area (Å²) in [7, 11) is 0. The van der Waals surface area contributed by atoms with Gasteiger partial charge >= 0.3 is 6.18 Å². The van der Waals surface area contributed by atoms with Crippen molar-refractivity contribution in [3.8, 4) is 11.8 Å². The van der Waals surface area contributed by atoms with Gasteiger partial charge in [-0.25, -0.2) is 0 Å². The molecule has 1 aromatic carbocycles. The first-order chi connectivity index (χ1) is 6.95. The van der Waals surface area contributed by atoms with E-state index in [4.69, 9.17) is 23.2 Å². The zero-order valence-electron chi connectivity index (χ0n) is 7.33. The molecule has 1 rings (SSSR count). The second kappa shape index (κ2) is 4.78. The topological polar surface area (TPSA) is 0 Å². The number of hydrogen-bond acceptors (Lipinski definition) is 0. The van der Waals surface area contributed by atoms with E-state index in [1.165, 1.54) is 6.07 Å². The van der Waals surface area contributed by atoms with E-state index in [1.54, 1.807) is 0 Å². The minimum atomic E-state index is -4.39. The molecule has 0 aliphatic rings. The van der Waals surface area contributed by atoms with Crippen LogP contribution in [0.25, 0.3) is 0 Å². The van der Waals surface area contributed by atoms with Crippen LogP contribution in [0.2, 0.25) is 5.02 Å². The second-order valence-electron chi connectivity index (χ2n) is 2.63. The molecule has 80 valence electrons. The number of benzene rings is 1. The van der Waals surface area contributed by atoms with Crippen LogP contribution in [-0.4, -0.2) is 5.88 Å². The van der Waals surface area contributed by atoms with Gasteiger partial charge in [-0.1, -0.05) is 23.4 Å². The monoisotopic (exact) mass is 252 g/mol. The van der Waals surface area contributed by atoms with Crippen LogP contribution in [0.5, 0.6) is 0 Å². The summed E-state index contributed by atoms with van der Waals surface area (Å²) in [5.41, 5.74) is -0.450. The predicted octanol–water partition coefficient (Wildman–Crippen LogP) is 3.95. The number of hydrogen-bond donors (Lipinski definition) is 0. The first-order valence-corrected chi connectivity index (χ1v) is 4.78. The fraction of sp³-hybridized carbons (Fsp3) is 0.200. The molecule has 0 saturated heterocycles. The molecule has 0 aliphatic carbocycles. The van der Waals surface area contributed by atoms with Gasteiger partial charge in [-0.3, -0.25) is 0 Å². The molecule has 15 heavy (non-hydrogen) atoms. The zero-order valence-corrected chi connectivity index (χ0v) is 8.84. The minimum absolute atomic E-state index is 0.0255. The van der Waals surface area contributed by atoms with Crippen molar-refractivity contribution in [2.45, 2.75) is 6.18 Å². The third-order valence-corrected chi connectivity index (χ3v) is 2.03. The smallest absolute Gasteiger partial charge is 0.166 e. The standard InChI is InChI=1S/C10H5Cl2F3/c11-5-1-2-7-3-4-8(6-9(7)12)10(13,14)15/h3-4,6H,5H2. The van der Waals surface area contributed by atoms with E-state index >= 15 is 0 Å². The van der Waals surface area contributed by atoms with Crippen LogP contribution in [0.15, 0.2) is 18.2 Å². The molecule has 5 heteroatoms. The van der Waals surface area contributed by atoms with E-state index < -0.39 is 11.7 Å². The number of alkyl halides is 4. The molecule has 0 aliphatic heterocycles. The van der Waals surface area contributed by atoms with Gasteiger partial charge in [-0.05, 0) is 18.2 Å². The molecular weight excluding hydrogens is 248 g/mol. The average molecular weight is 253 g/mol. The van der Waals surface area contributed by atoms with Gasteiger partial charge in [-0.2, -0.15) is 13.2 Å². The van der Waals surface area contributed by atoms with Crippen molar-refractivity contribution in [1.82, 2.24) is 0 Å². The maximum Gasteiger partial charge on any atom is 0.416 e. The van der Waals surface area contributed by atoms with Crippen molar-refractivity contribution in [2.75, 3.05) is 5.88 Å². The Labute approximate surface area is 95.0 Å². The van der Waals surface area contributed by atoms with E-state index in [0.717, 1.165) is 12.1 Å². The highest BCUT2D eigenvalue weighted by atomic mass is 35.5. The van der Waals surface area contributed by atoms with Crippen LogP contribution in [0, 0.1) is 11.8 Å². The van der Waals surface area contributed by atoms with Gasteiger partial charge in [0, 0.05) is 5.56 Å². The van der Waals surface area contributed by atoms with Crippen LogP contribution in [0.1, 0.15) is 11.1 Å². The van der Waals surface area contributed by atoms with Gasteiger partial charge in [0.25, 0.3) is 0 Å². The van der Waals surface area contributed by atoms with Crippen molar-refractivity contribution in [3.05, 3.63) is 34.3 Å². The molecule has 0 bridgehead atoms. The minimum Gasteiger partial charge on any atom is -0.166 e. The normalized spacial score (nSPS) is 10.7. The molecule has 0 unspecified atom stereocenters. The Morgan fingerprint density at radius 2 is 1.93 bits per heavy atom. The lowest BCUT2D eigenvalue weighted by Crippen LogP contribution is -2.04. The Morgan fingerprint density at radius 3 is 2.40 bits per heavy atom. The van der Waals surface area contributed by atoms with Gasteiger partial charge in [0.05, 0.1) is 16.5 Å². The average Bonchev–Trinajstić information content (AvgIpc) is 2.14. The number of rotatable bonds is 0. The van der Waals surface area contributed by atoms with E-state index in [9.17, 15) is 13.2 Å². The fourth-order valence-electron chi connectivity index (χ4n) is 0.921. The molecule has 0 saturated carbocycles. The molecule has 0 amide bonds. The van der Waals surface area contributed by atoms with E-state index in [1.807, 2.05) is 0 Å². The van der Waals surface area contributed by atoms with Gasteiger partial charge < -0.3 is 0 Å². The molecule has 0 aromatic heterocycles. The zero-order chi connectivity index (χ0) is 11.5. The van der Waals surface area contributed by atoms with Gasteiger partial charge in [0.15, 0.2) is 0 Å². The highest BCUT2D eigenvalue weighted by Gasteiger charge is 2.30. The summed E-state index contributed by atoms with van der Waals surface area (Å²) < 4.78 is 36.7. The van der Waals surface area contributed by atoms with E-state index in [2.05, 4.69) is 11.8 Å². The van der Waals surface area contributed by atoms with Crippen LogP contribution in [-0.2, 0) is 6.18 Å². The van der Waals surface area contributed by atoms with Gasteiger partial charge in [0.2, 0.25) is 0 Å². The molecule has 0 spiro atoms. The highest BCUT2D eigenvalue weighted by molar-refractivity contribution is 6.31. The van der Waals surface area contributed by atoms with Crippen LogP contribution < -0.4 is 0 Å². The van der Waals surface area contributed by atoms with Gasteiger partial charge in [-0.15, -0.1) is 11.6 Å². The molecule has 0 heterocycles. The second-order valence-corrected chi connectivity index (χ2v) is 3.30. The Bertz CT molecular complexity index is 413. The third-order valence-electron chi connectivity index (χ3n) is 1.59. The van der Waals surface area contributed by atoms with E-state index in [-0.39, 0.29) is 10.9 Å². The van der Waals surface area contributed by atoms with Crippen molar-refractivity contribution in [3.63, 3.8) is 0 Å². The summed E-state index contributed by atoms with van der Waals surface area (Å²) in [6.07, 6.45) is -4.39. The quantitative estimate of drug-likeness (QED) is 0.485. The van der Waals surface area contributed by atoms with Crippen LogP contribution >= 0.6 is 23.2 Å². The summed E-state index contributed by atoms with van der Waals surface area (Å²) in [5, 5.41) is -0.0255. The first-order valence-electron chi connectivity index (χ1n) is 3.86. The maximum absolute atomic E-state index is 12.2. The summed E-state index contributed by atoms with van der Waals surface area (Å²) in [4.78, 5) is 0. The summed E-state index contributed by atoms with van der Waals surface area (Å²) in [5.74, 6) is 5.18. The third kappa shape index (κ3) is 3.33. The van der Waals surface area contributed by atoms with Crippen molar-refractivity contribution >= 4 is 23.2 Å². The Balaban J connectivity index is 3.09. The molecule has 0 radical (unpaired) electrons. The van der Waals surface area contributed by atoms with E-state index in [0.29, 0.717) is 5.56 Å². The summed E-state index contributed by atoms with van der Waals surface area (Å²) in [6, 6.07) is 3.01. The lowest BCUT2D eigenvalue weighted by Gasteiger charge is -2.07. The number of halogens is 5. The highest BCUT2D eigenvalue weighted by Crippen LogP contribution is 2.31. The summed E-state index contributed by atoms with van der Waals surface area (Å²) in [6.45, 7) is 0. The lowest BCUT2D eigenvalue weighted by molar-refractivity contribution is -0.137. The van der Waals surface area contributed by atoms with Crippen molar-refractivity contribution in [2.24, 2.45) is 0 Å². The lowest BCUT2D eigenvalue weighted by atomic mass is 10.1. The molecule has 0 atom stereocenters. The SMILES string of the molecule is FC(F)(F)c1ccc(C#CCCl)c(Cl)c1. The van der Waals surface area contributed by atoms with Crippen LogP contribution in [0.4, 0.5) is 13.2 Å². The molecule has 0 fully saturated rings. The Morgan fingerprint density at radius 1 is 1.27 bits per heavy atom. The van der Waals surface area contributed by atoms with Crippen molar-refractivity contribution < 1.29 is 13.2 Å². The van der Waals surface area contributed by atoms with Crippen molar-refractivity contribution in [1.29, 1.82) is 0 Å². The predicted molar refractivity (Wildman–Crippen MR) is 54.1 cm³/mol. The molecule has 1 aromatic rings. The molecule has 0 N–H and O–H groups in total. The summed E-state index contributed by atoms with van der Waals surface area (Å²) >= 11 is 10.9. The Hall–Kier alpha value is -0.850. The van der Waals surface area contributed by atoms with Gasteiger partial charge in [0.1, 0.15) is 0 Å². The van der Waals surface area contributed by atoms with Crippen LogP contribution in [0.3, 0.4) is 0 Å². The molecular formula is C10H5Cl2F3.